The van der Waals surface area contributed by atoms with Crippen molar-refractivity contribution in [1.29, 1.82) is 0 Å². The Morgan fingerprint density at radius 1 is 1.30 bits per heavy atom. The van der Waals surface area contributed by atoms with Crippen molar-refractivity contribution in [1.82, 2.24) is 10.2 Å². The Bertz CT molecular complexity index is 457. The van der Waals surface area contributed by atoms with Gasteiger partial charge in [0.1, 0.15) is 0 Å². The Labute approximate surface area is 129 Å². The standard InChI is InChI=1S/C13H19N3O2S.ClH/c1-14-8-13(18)16(2)9-12(17)15-10-6-4-5-7-11(10)19-3;/h4-7,14H,8-9H2,1-3H3,(H,15,17);1H. The van der Waals surface area contributed by atoms with Crippen molar-refractivity contribution in [3.63, 3.8) is 0 Å². The van der Waals surface area contributed by atoms with Gasteiger partial charge in [0.15, 0.2) is 0 Å². The average molecular weight is 318 g/mol. The van der Waals surface area contributed by atoms with Crippen LogP contribution in [0.25, 0.3) is 0 Å². The van der Waals surface area contributed by atoms with Crippen LogP contribution in [0.1, 0.15) is 0 Å². The van der Waals surface area contributed by atoms with Crippen molar-refractivity contribution >= 4 is 41.7 Å². The number of para-hydroxylation sites is 1. The van der Waals surface area contributed by atoms with E-state index in [1.54, 1.807) is 25.9 Å². The van der Waals surface area contributed by atoms with Crippen molar-refractivity contribution in [3.05, 3.63) is 24.3 Å². The molecule has 0 saturated heterocycles. The van der Waals surface area contributed by atoms with Crippen LogP contribution in [0, 0.1) is 0 Å². The van der Waals surface area contributed by atoms with E-state index in [2.05, 4.69) is 10.6 Å². The van der Waals surface area contributed by atoms with Crippen LogP contribution in [-0.2, 0) is 9.59 Å². The van der Waals surface area contributed by atoms with Gasteiger partial charge in [0.05, 0.1) is 18.8 Å². The molecule has 5 nitrogen and oxygen atoms in total. The summed E-state index contributed by atoms with van der Waals surface area (Å²) < 4.78 is 0. The monoisotopic (exact) mass is 317 g/mol. The van der Waals surface area contributed by atoms with E-state index in [0.717, 1.165) is 10.6 Å². The fourth-order valence-electron chi connectivity index (χ4n) is 1.53. The van der Waals surface area contributed by atoms with Gasteiger partial charge in [-0.15, -0.1) is 24.2 Å². The van der Waals surface area contributed by atoms with E-state index in [9.17, 15) is 9.59 Å². The van der Waals surface area contributed by atoms with Gasteiger partial charge in [-0.2, -0.15) is 0 Å². The van der Waals surface area contributed by atoms with Crippen LogP contribution in [-0.4, -0.2) is 50.2 Å². The summed E-state index contributed by atoms with van der Waals surface area (Å²) in [4.78, 5) is 25.8. The lowest BCUT2D eigenvalue weighted by Crippen LogP contribution is -2.39. The van der Waals surface area contributed by atoms with Gasteiger partial charge in [0, 0.05) is 11.9 Å². The van der Waals surface area contributed by atoms with Gasteiger partial charge < -0.3 is 15.5 Å². The molecule has 7 heteroatoms. The number of anilines is 1. The fourth-order valence-corrected chi connectivity index (χ4v) is 2.08. The molecule has 0 aliphatic rings. The SMILES string of the molecule is CNCC(=O)N(C)CC(=O)Nc1ccccc1SC.Cl. The van der Waals surface area contributed by atoms with E-state index in [0.29, 0.717) is 0 Å². The minimum atomic E-state index is -0.201. The molecule has 2 N–H and O–H groups in total. The summed E-state index contributed by atoms with van der Waals surface area (Å²) in [6, 6.07) is 7.57. The Kier molecular flexibility index (Phi) is 9.03. The van der Waals surface area contributed by atoms with Crippen LogP contribution < -0.4 is 10.6 Å². The predicted octanol–water partition coefficient (Wildman–Crippen LogP) is 1.45. The molecular weight excluding hydrogens is 298 g/mol. The predicted molar refractivity (Wildman–Crippen MR) is 85.7 cm³/mol. The van der Waals surface area contributed by atoms with Gasteiger partial charge in [0.2, 0.25) is 11.8 Å². The molecule has 0 heterocycles. The van der Waals surface area contributed by atoms with Crippen molar-refractivity contribution in [2.45, 2.75) is 4.90 Å². The number of hydrogen-bond acceptors (Lipinski definition) is 4. The zero-order valence-corrected chi connectivity index (χ0v) is 13.4. The number of rotatable bonds is 6. The molecule has 2 amide bonds. The van der Waals surface area contributed by atoms with E-state index in [1.807, 2.05) is 30.5 Å². The van der Waals surface area contributed by atoms with E-state index in [4.69, 9.17) is 0 Å². The topological polar surface area (TPSA) is 61.4 Å². The van der Waals surface area contributed by atoms with Gasteiger partial charge in [0.25, 0.3) is 0 Å². The normalized spacial score (nSPS) is 9.55. The van der Waals surface area contributed by atoms with Crippen LogP contribution in [0.2, 0.25) is 0 Å². The molecule has 0 atom stereocenters. The third kappa shape index (κ3) is 5.81. The zero-order chi connectivity index (χ0) is 14.3. The number of thioether (sulfide) groups is 1. The first-order valence-electron chi connectivity index (χ1n) is 5.90. The number of nitrogens with zero attached hydrogens (tertiary/aromatic N) is 1. The Morgan fingerprint density at radius 2 is 1.95 bits per heavy atom. The molecule has 0 aliphatic carbocycles. The van der Waals surface area contributed by atoms with Crippen molar-refractivity contribution in [2.24, 2.45) is 0 Å². The summed E-state index contributed by atoms with van der Waals surface area (Å²) in [5.41, 5.74) is 0.773. The number of hydrogen-bond donors (Lipinski definition) is 2. The Hall–Kier alpha value is -1.24. The van der Waals surface area contributed by atoms with Crippen molar-refractivity contribution < 1.29 is 9.59 Å². The zero-order valence-electron chi connectivity index (χ0n) is 11.8. The third-order valence-corrected chi connectivity index (χ3v) is 3.31. The van der Waals surface area contributed by atoms with Crippen LogP contribution in [0.15, 0.2) is 29.2 Å². The molecule has 0 radical (unpaired) electrons. The second-order valence-corrected chi connectivity index (χ2v) is 4.88. The minimum Gasteiger partial charge on any atom is -0.335 e. The molecule has 1 rings (SSSR count). The Balaban J connectivity index is 0.00000361. The lowest BCUT2D eigenvalue weighted by molar-refractivity contribution is -0.132. The van der Waals surface area contributed by atoms with E-state index < -0.39 is 0 Å². The van der Waals surface area contributed by atoms with Crippen LogP contribution in [0.3, 0.4) is 0 Å². The molecule has 0 unspecified atom stereocenters. The third-order valence-electron chi connectivity index (χ3n) is 2.52. The number of likely N-dealkylation sites (N-methyl/N-ethyl adjacent to an activating group) is 2. The van der Waals surface area contributed by atoms with Gasteiger partial charge >= 0.3 is 0 Å². The molecule has 1 aromatic rings. The van der Waals surface area contributed by atoms with Crippen LogP contribution >= 0.6 is 24.2 Å². The number of benzene rings is 1. The summed E-state index contributed by atoms with van der Waals surface area (Å²) in [6.45, 7) is 0.272. The maximum atomic E-state index is 11.9. The Morgan fingerprint density at radius 3 is 2.55 bits per heavy atom. The second kappa shape index (κ2) is 9.63. The quantitative estimate of drug-likeness (QED) is 0.780. The molecule has 0 aliphatic heterocycles. The first kappa shape index (κ1) is 18.8. The summed E-state index contributed by atoms with van der Waals surface area (Å²) in [5.74, 6) is -0.316. The summed E-state index contributed by atoms with van der Waals surface area (Å²) >= 11 is 1.57. The number of amides is 2. The van der Waals surface area contributed by atoms with E-state index in [1.165, 1.54) is 4.90 Å². The molecule has 112 valence electrons. The number of halogens is 1. The van der Waals surface area contributed by atoms with Crippen LogP contribution in [0.4, 0.5) is 5.69 Å². The highest BCUT2D eigenvalue weighted by molar-refractivity contribution is 7.98. The molecule has 0 bridgehead atoms. The fraction of sp³-hybridized carbons (Fsp3) is 0.385. The molecular formula is C13H20ClN3O2S. The molecule has 20 heavy (non-hydrogen) atoms. The summed E-state index contributed by atoms with van der Waals surface area (Å²) in [6.07, 6.45) is 1.95. The number of nitrogens with one attached hydrogen (secondary N) is 2. The van der Waals surface area contributed by atoms with Crippen molar-refractivity contribution in [3.8, 4) is 0 Å². The lowest BCUT2D eigenvalue weighted by Gasteiger charge is -2.17. The summed E-state index contributed by atoms with van der Waals surface area (Å²) in [7, 11) is 3.31. The van der Waals surface area contributed by atoms with Crippen LogP contribution in [0.5, 0.6) is 0 Å². The van der Waals surface area contributed by atoms with Gasteiger partial charge in [-0.3, -0.25) is 9.59 Å². The molecule has 0 fully saturated rings. The van der Waals surface area contributed by atoms with E-state index >= 15 is 0 Å². The smallest absolute Gasteiger partial charge is 0.244 e. The first-order chi connectivity index (χ1) is 9.08. The minimum absolute atomic E-state index is 0. The average Bonchev–Trinajstić information content (AvgIpc) is 2.39. The highest BCUT2D eigenvalue weighted by Crippen LogP contribution is 2.24. The maximum absolute atomic E-state index is 11.9. The molecule has 0 aromatic heterocycles. The number of carbonyl (C=O) groups is 2. The number of carbonyl (C=O) groups excluding carboxylic acids is 2. The maximum Gasteiger partial charge on any atom is 0.244 e. The first-order valence-corrected chi connectivity index (χ1v) is 7.12. The van der Waals surface area contributed by atoms with Gasteiger partial charge in [-0.25, -0.2) is 0 Å². The molecule has 0 spiro atoms. The second-order valence-electron chi connectivity index (χ2n) is 4.03. The molecule has 0 saturated carbocycles. The largest absolute Gasteiger partial charge is 0.335 e. The summed E-state index contributed by atoms with van der Waals surface area (Å²) in [5, 5.41) is 5.58. The van der Waals surface area contributed by atoms with Crippen molar-refractivity contribution in [2.75, 3.05) is 38.8 Å². The lowest BCUT2D eigenvalue weighted by atomic mass is 10.3. The van der Waals surface area contributed by atoms with Gasteiger partial charge in [-0.1, -0.05) is 12.1 Å². The van der Waals surface area contributed by atoms with E-state index in [-0.39, 0.29) is 37.3 Å². The highest BCUT2D eigenvalue weighted by Gasteiger charge is 2.13. The van der Waals surface area contributed by atoms with Gasteiger partial charge in [-0.05, 0) is 25.4 Å². The highest BCUT2D eigenvalue weighted by atomic mass is 35.5. The molecule has 1 aromatic carbocycles.